The molecule has 2 nitrogen and oxygen atoms in total. The molecule has 1 aromatic rings. The zero-order valence-electron chi connectivity index (χ0n) is 10.8. The minimum absolute atomic E-state index is 0.515. The van der Waals surface area contributed by atoms with Crippen molar-refractivity contribution in [3.05, 3.63) is 23.4 Å². The lowest BCUT2D eigenvalue weighted by Gasteiger charge is -2.33. The van der Waals surface area contributed by atoms with Crippen molar-refractivity contribution < 1.29 is 0 Å². The zero-order chi connectivity index (χ0) is 11.7. The Morgan fingerprint density at radius 1 is 1.19 bits per heavy atom. The Morgan fingerprint density at radius 2 is 1.94 bits per heavy atom. The summed E-state index contributed by atoms with van der Waals surface area (Å²) in [6, 6.07) is 5.01. The fourth-order valence-electron chi connectivity index (χ4n) is 2.31. The Morgan fingerprint density at radius 3 is 2.56 bits per heavy atom. The molecule has 0 aromatic carbocycles. The van der Waals surface area contributed by atoms with Crippen LogP contribution in [0.2, 0.25) is 0 Å². The van der Waals surface area contributed by atoms with Crippen LogP contribution >= 0.6 is 0 Å². The highest BCUT2D eigenvalue weighted by molar-refractivity contribution is 5.50. The molecule has 0 unspecified atom stereocenters. The van der Waals surface area contributed by atoms with E-state index < -0.39 is 0 Å². The number of anilines is 1. The molecule has 88 valence electrons. The quantitative estimate of drug-likeness (QED) is 0.756. The molecule has 2 heteroatoms. The SMILES string of the molecule is CC(C)c1ccc2c(n1)N(C(C)C)CCC2. The van der Waals surface area contributed by atoms with Crippen LogP contribution in [0, 0.1) is 0 Å². The maximum atomic E-state index is 4.84. The summed E-state index contributed by atoms with van der Waals surface area (Å²) in [5.74, 6) is 1.74. The summed E-state index contributed by atoms with van der Waals surface area (Å²) >= 11 is 0. The zero-order valence-corrected chi connectivity index (χ0v) is 10.8. The summed E-state index contributed by atoms with van der Waals surface area (Å²) in [5.41, 5.74) is 2.63. The van der Waals surface area contributed by atoms with Gasteiger partial charge in [0.25, 0.3) is 0 Å². The molecule has 1 aliphatic heterocycles. The van der Waals surface area contributed by atoms with Crippen LogP contribution in [0.1, 0.15) is 51.3 Å². The molecule has 2 heterocycles. The number of rotatable bonds is 2. The van der Waals surface area contributed by atoms with E-state index in [0.29, 0.717) is 12.0 Å². The van der Waals surface area contributed by atoms with Gasteiger partial charge in [-0.05, 0) is 44.2 Å². The van der Waals surface area contributed by atoms with Gasteiger partial charge in [-0.2, -0.15) is 0 Å². The standard InChI is InChI=1S/C14H22N2/c1-10(2)13-8-7-12-6-5-9-16(11(3)4)14(12)15-13/h7-8,10-11H,5-6,9H2,1-4H3. The van der Waals surface area contributed by atoms with Crippen molar-refractivity contribution in [2.24, 2.45) is 0 Å². The first kappa shape index (κ1) is 11.4. The lowest BCUT2D eigenvalue weighted by atomic mass is 10.0. The van der Waals surface area contributed by atoms with Crippen molar-refractivity contribution in [1.29, 1.82) is 0 Å². The average molecular weight is 218 g/mol. The van der Waals surface area contributed by atoms with Gasteiger partial charge in [-0.3, -0.25) is 0 Å². The Balaban J connectivity index is 2.40. The van der Waals surface area contributed by atoms with Crippen molar-refractivity contribution in [2.45, 2.75) is 52.5 Å². The molecule has 0 radical (unpaired) electrons. The topological polar surface area (TPSA) is 16.1 Å². The van der Waals surface area contributed by atoms with Crippen LogP contribution in [0.4, 0.5) is 5.82 Å². The van der Waals surface area contributed by atoms with Crippen LogP contribution in [-0.2, 0) is 6.42 Å². The van der Waals surface area contributed by atoms with E-state index in [9.17, 15) is 0 Å². The molecule has 2 rings (SSSR count). The number of pyridine rings is 1. The van der Waals surface area contributed by atoms with E-state index in [1.54, 1.807) is 0 Å². The van der Waals surface area contributed by atoms with Crippen molar-refractivity contribution >= 4 is 5.82 Å². The van der Waals surface area contributed by atoms with Crippen LogP contribution in [0.25, 0.3) is 0 Å². The molecule has 0 atom stereocenters. The highest BCUT2D eigenvalue weighted by atomic mass is 15.2. The van der Waals surface area contributed by atoms with Crippen LogP contribution in [0.5, 0.6) is 0 Å². The highest BCUT2D eigenvalue weighted by Crippen LogP contribution is 2.28. The van der Waals surface area contributed by atoms with Gasteiger partial charge in [-0.15, -0.1) is 0 Å². The van der Waals surface area contributed by atoms with Crippen LogP contribution in [0.15, 0.2) is 12.1 Å². The summed E-state index contributed by atoms with van der Waals surface area (Å²) in [6.07, 6.45) is 2.44. The van der Waals surface area contributed by atoms with Crippen molar-refractivity contribution in [3.8, 4) is 0 Å². The lowest BCUT2D eigenvalue weighted by Crippen LogP contribution is -2.36. The number of hydrogen-bond acceptors (Lipinski definition) is 2. The molecule has 0 bridgehead atoms. The van der Waals surface area contributed by atoms with Gasteiger partial charge < -0.3 is 4.90 Å². The predicted molar refractivity (Wildman–Crippen MR) is 69.1 cm³/mol. The highest BCUT2D eigenvalue weighted by Gasteiger charge is 2.21. The third-order valence-corrected chi connectivity index (χ3v) is 3.31. The van der Waals surface area contributed by atoms with Gasteiger partial charge in [0.1, 0.15) is 5.82 Å². The Kier molecular flexibility index (Phi) is 3.17. The number of nitrogens with zero attached hydrogens (tertiary/aromatic N) is 2. The van der Waals surface area contributed by atoms with Gasteiger partial charge in [0.15, 0.2) is 0 Å². The van der Waals surface area contributed by atoms with Gasteiger partial charge >= 0.3 is 0 Å². The first-order chi connectivity index (χ1) is 7.59. The fraction of sp³-hybridized carbons (Fsp3) is 0.643. The van der Waals surface area contributed by atoms with E-state index >= 15 is 0 Å². The lowest BCUT2D eigenvalue weighted by molar-refractivity contribution is 0.611. The van der Waals surface area contributed by atoms with Crippen LogP contribution < -0.4 is 4.90 Å². The van der Waals surface area contributed by atoms with E-state index in [1.165, 1.54) is 29.9 Å². The van der Waals surface area contributed by atoms with E-state index in [1.807, 2.05) is 0 Å². The molecule has 0 saturated carbocycles. The third kappa shape index (κ3) is 2.06. The maximum absolute atomic E-state index is 4.84. The summed E-state index contributed by atoms with van der Waals surface area (Å²) in [4.78, 5) is 7.28. The molecular formula is C14H22N2. The molecule has 1 aliphatic rings. The molecule has 0 aliphatic carbocycles. The Hall–Kier alpha value is -1.05. The first-order valence-corrected chi connectivity index (χ1v) is 6.36. The second-order valence-electron chi connectivity index (χ2n) is 5.26. The second kappa shape index (κ2) is 4.44. The predicted octanol–water partition coefficient (Wildman–Crippen LogP) is 3.37. The molecule has 0 fully saturated rings. The minimum atomic E-state index is 0.515. The van der Waals surface area contributed by atoms with Gasteiger partial charge in [0, 0.05) is 18.3 Å². The smallest absolute Gasteiger partial charge is 0.132 e. The number of hydrogen-bond donors (Lipinski definition) is 0. The van der Waals surface area contributed by atoms with Crippen molar-refractivity contribution in [3.63, 3.8) is 0 Å². The van der Waals surface area contributed by atoms with E-state index in [0.717, 1.165) is 6.54 Å². The van der Waals surface area contributed by atoms with Gasteiger partial charge in [-0.25, -0.2) is 4.98 Å². The summed E-state index contributed by atoms with van der Waals surface area (Å²) < 4.78 is 0. The fourth-order valence-corrected chi connectivity index (χ4v) is 2.31. The first-order valence-electron chi connectivity index (χ1n) is 6.36. The Bertz CT molecular complexity index is 369. The van der Waals surface area contributed by atoms with E-state index in [4.69, 9.17) is 4.98 Å². The molecule has 0 spiro atoms. The molecular weight excluding hydrogens is 196 g/mol. The molecule has 16 heavy (non-hydrogen) atoms. The van der Waals surface area contributed by atoms with Crippen molar-refractivity contribution in [2.75, 3.05) is 11.4 Å². The summed E-state index contributed by atoms with van der Waals surface area (Å²) in [5, 5.41) is 0. The molecule has 0 saturated heterocycles. The normalized spacial score (nSPS) is 15.8. The third-order valence-electron chi connectivity index (χ3n) is 3.31. The number of aromatic nitrogens is 1. The monoisotopic (exact) mass is 218 g/mol. The van der Waals surface area contributed by atoms with Gasteiger partial charge in [0.05, 0.1) is 0 Å². The number of aryl methyl sites for hydroxylation is 1. The van der Waals surface area contributed by atoms with Crippen LogP contribution in [-0.4, -0.2) is 17.6 Å². The van der Waals surface area contributed by atoms with E-state index in [-0.39, 0.29) is 0 Å². The molecule has 1 aromatic heterocycles. The largest absolute Gasteiger partial charge is 0.354 e. The van der Waals surface area contributed by atoms with Crippen molar-refractivity contribution in [1.82, 2.24) is 4.98 Å². The summed E-state index contributed by atoms with van der Waals surface area (Å²) in [6.45, 7) is 10.1. The number of fused-ring (bicyclic) bond motifs is 1. The average Bonchev–Trinajstić information content (AvgIpc) is 2.27. The Labute approximate surface area is 98.7 Å². The second-order valence-corrected chi connectivity index (χ2v) is 5.26. The molecule has 0 N–H and O–H groups in total. The molecule has 0 amide bonds. The van der Waals surface area contributed by atoms with Crippen LogP contribution in [0.3, 0.4) is 0 Å². The minimum Gasteiger partial charge on any atom is -0.354 e. The maximum Gasteiger partial charge on any atom is 0.132 e. The summed E-state index contributed by atoms with van der Waals surface area (Å²) in [7, 11) is 0. The van der Waals surface area contributed by atoms with Gasteiger partial charge in [0.2, 0.25) is 0 Å². The van der Waals surface area contributed by atoms with Gasteiger partial charge in [-0.1, -0.05) is 19.9 Å². The van der Waals surface area contributed by atoms with E-state index in [2.05, 4.69) is 44.7 Å².